The Morgan fingerprint density at radius 3 is 2.14 bits per heavy atom. The van der Waals surface area contributed by atoms with E-state index < -0.39 is 0 Å². The lowest BCUT2D eigenvalue weighted by Gasteiger charge is -2.14. The SMILES string of the molecule is CC(Cl)c1nc2cccc(Cl)c2n1-c1c(Cl)cccc1Cl. The molecular weight excluding hydrogens is 350 g/mol. The van der Waals surface area contributed by atoms with Crippen molar-refractivity contribution in [1.82, 2.24) is 9.55 Å². The summed E-state index contributed by atoms with van der Waals surface area (Å²) in [6.07, 6.45) is 0. The normalized spacial score (nSPS) is 12.8. The van der Waals surface area contributed by atoms with E-state index in [0.29, 0.717) is 26.6 Å². The van der Waals surface area contributed by atoms with E-state index >= 15 is 0 Å². The average molecular weight is 360 g/mol. The summed E-state index contributed by atoms with van der Waals surface area (Å²) in [4.78, 5) is 4.56. The summed E-state index contributed by atoms with van der Waals surface area (Å²) in [6.45, 7) is 1.85. The highest BCUT2D eigenvalue weighted by atomic mass is 35.5. The molecule has 0 amide bonds. The first kappa shape index (κ1) is 15.0. The Balaban J connectivity index is 2.48. The monoisotopic (exact) mass is 358 g/mol. The molecule has 1 aromatic heterocycles. The van der Waals surface area contributed by atoms with Gasteiger partial charge in [-0.1, -0.05) is 46.9 Å². The Bertz CT molecular complexity index is 804. The molecular formula is C15H10Cl4N2. The fraction of sp³-hybridized carbons (Fsp3) is 0.133. The second-order valence-corrected chi connectivity index (χ2v) is 6.48. The molecule has 0 aliphatic rings. The van der Waals surface area contributed by atoms with Gasteiger partial charge in [0.2, 0.25) is 0 Å². The molecule has 2 nitrogen and oxygen atoms in total. The highest BCUT2D eigenvalue weighted by Gasteiger charge is 2.21. The summed E-state index contributed by atoms with van der Waals surface area (Å²) in [5.41, 5.74) is 2.14. The molecule has 0 spiro atoms. The molecule has 0 aliphatic heterocycles. The van der Waals surface area contributed by atoms with Gasteiger partial charge in [-0.2, -0.15) is 0 Å². The van der Waals surface area contributed by atoms with Crippen LogP contribution in [-0.4, -0.2) is 9.55 Å². The lowest BCUT2D eigenvalue weighted by atomic mass is 10.2. The summed E-state index contributed by atoms with van der Waals surface area (Å²) >= 11 is 25.3. The van der Waals surface area contributed by atoms with Crippen molar-refractivity contribution in [2.45, 2.75) is 12.3 Å². The molecule has 3 rings (SSSR count). The van der Waals surface area contributed by atoms with Gasteiger partial charge in [0.15, 0.2) is 0 Å². The summed E-state index contributed by atoms with van der Waals surface area (Å²) in [7, 11) is 0. The number of alkyl halides is 1. The number of rotatable bonds is 2. The number of aromatic nitrogens is 2. The van der Waals surface area contributed by atoms with Gasteiger partial charge < -0.3 is 0 Å². The van der Waals surface area contributed by atoms with E-state index in [9.17, 15) is 0 Å². The van der Waals surface area contributed by atoms with E-state index in [4.69, 9.17) is 46.4 Å². The van der Waals surface area contributed by atoms with Crippen molar-refractivity contribution in [2.75, 3.05) is 0 Å². The molecule has 0 bridgehead atoms. The first-order chi connectivity index (χ1) is 10.0. The van der Waals surface area contributed by atoms with E-state index in [0.717, 1.165) is 11.0 Å². The van der Waals surface area contributed by atoms with Crippen LogP contribution in [0.1, 0.15) is 18.1 Å². The fourth-order valence-corrected chi connectivity index (χ4v) is 3.27. The molecule has 0 N–H and O–H groups in total. The van der Waals surface area contributed by atoms with E-state index in [-0.39, 0.29) is 5.38 Å². The van der Waals surface area contributed by atoms with Gasteiger partial charge in [-0.25, -0.2) is 4.98 Å². The molecule has 3 aromatic rings. The molecule has 21 heavy (non-hydrogen) atoms. The maximum atomic E-state index is 6.34. The van der Waals surface area contributed by atoms with Crippen LogP contribution in [0.15, 0.2) is 36.4 Å². The Labute approximate surface area is 142 Å². The zero-order valence-corrected chi connectivity index (χ0v) is 14.0. The molecule has 0 radical (unpaired) electrons. The fourth-order valence-electron chi connectivity index (χ4n) is 2.30. The minimum absolute atomic E-state index is 0.319. The van der Waals surface area contributed by atoms with Crippen LogP contribution in [0, 0.1) is 0 Å². The van der Waals surface area contributed by atoms with Crippen LogP contribution in [0.4, 0.5) is 0 Å². The highest BCUT2D eigenvalue weighted by Crippen LogP contribution is 2.37. The molecule has 2 aromatic carbocycles. The molecule has 0 saturated carbocycles. The second-order valence-electron chi connectivity index (χ2n) is 4.60. The average Bonchev–Trinajstić information content (AvgIpc) is 2.80. The van der Waals surface area contributed by atoms with Crippen molar-refractivity contribution < 1.29 is 0 Å². The summed E-state index contributed by atoms with van der Waals surface area (Å²) in [6, 6.07) is 10.9. The summed E-state index contributed by atoms with van der Waals surface area (Å²) in [5, 5.41) is 1.28. The Morgan fingerprint density at radius 2 is 1.52 bits per heavy atom. The third kappa shape index (κ3) is 2.51. The lowest BCUT2D eigenvalue weighted by molar-refractivity contribution is 0.883. The number of fused-ring (bicyclic) bond motifs is 1. The van der Waals surface area contributed by atoms with Crippen LogP contribution >= 0.6 is 46.4 Å². The minimum Gasteiger partial charge on any atom is -0.291 e. The minimum atomic E-state index is -0.319. The van der Waals surface area contributed by atoms with Gasteiger partial charge in [0.1, 0.15) is 5.82 Å². The second kappa shape index (κ2) is 5.69. The standard InChI is InChI=1S/C15H10Cl4N2/c1-8(16)15-20-12-7-3-6-11(19)14(12)21(15)13-9(17)4-2-5-10(13)18/h2-8H,1H3. The number of benzene rings is 2. The van der Waals surface area contributed by atoms with Gasteiger partial charge in [-0.05, 0) is 31.2 Å². The van der Waals surface area contributed by atoms with Gasteiger partial charge in [-0.3, -0.25) is 4.57 Å². The van der Waals surface area contributed by atoms with Crippen LogP contribution in [0.25, 0.3) is 16.7 Å². The first-order valence-corrected chi connectivity index (χ1v) is 7.83. The predicted octanol–water partition coefficient (Wildman–Crippen LogP) is 6.29. The van der Waals surface area contributed by atoms with Crippen molar-refractivity contribution in [2.24, 2.45) is 0 Å². The molecule has 1 heterocycles. The van der Waals surface area contributed by atoms with Crippen molar-refractivity contribution in [3.05, 3.63) is 57.3 Å². The van der Waals surface area contributed by atoms with Crippen LogP contribution < -0.4 is 0 Å². The third-order valence-corrected chi connectivity index (χ3v) is 4.28. The first-order valence-electron chi connectivity index (χ1n) is 6.26. The number of para-hydroxylation sites is 2. The molecule has 108 valence electrons. The van der Waals surface area contributed by atoms with E-state index in [1.54, 1.807) is 24.3 Å². The molecule has 1 unspecified atom stereocenters. The van der Waals surface area contributed by atoms with Gasteiger partial charge in [0.25, 0.3) is 0 Å². The maximum absolute atomic E-state index is 6.34. The van der Waals surface area contributed by atoms with Gasteiger partial charge in [0, 0.05) is 0 Å². The molecule has 6 heteroatoms. The largest absolute Gasteiger partial charge is 0.291 e. The van der Waals surface area contributed by atoms with E-state index in [2.05, 4.69) is 4.98 Å². The molecule has 0 aliphatic carbocycles. The molecule has 0 fully saturated rings. The number of halogens is 4. The van der Waals surface area contributed by atoms with E-state index in [1.807, 2.05) is 23.6 Å². The van der Waals surface area contributed by atoms with Crippen LogP contribution in [-0.2, 0) is 0 Å². The van der Waals surface area contributed by atoms with Gasteiger partial charge in [-0.15, -0.1) is 11.6 Å². The summed E-state index contributed by atoms with van der Waals surface area (Å²) in [5.74, 6) is 0.648. The predicted molar refractivity (Wildman–Crippen MR) is 90.4 cm³/mol. The van der Waals surface area contributed by atoms with Gasteiger partial charge in [0.05, 0.1) is 37.2 Å². The van der Waals surface area contributed by atoms with Crippen LogP contribution in [0.5, 0.6) is 0 Å². The Hall–Kier alpha value is -0.930. The quantitative estimate of drug-likeness (QED) is 0.492. The molecule has 1 atom stereocenters. The Kier molecular flexibility index (Phi) is 4.06. The van der Waals surface area contributed by atoms with Crippen LogP contribution in [0.2, 0.25) is 15.1 Å². The zero-order chi connectivity index (χ0) is 15.1. The topological polar surface area (TPSA) is 17.8 Å². The smallest absolute Gasteiger partial charge is 0.132 e. The number of hydrogen-bond donors (Lipinski definition) is 0. The summed E-state index contributed by atoms with van der Waals surface area (Å²) < 4.78 is 1.83. The van der Waals surface area contributed by atoms with E-state index in [1.165, 1.54) is 0 Å². The lowest BCUT2D eigenvalue weighted by Crippen LogP contribution is -2.03. The van der Waals surface area contributed by atoms with Crippen molar-refractivity contribution in [3.63, 3.8) is 0 Å². The highest BCUT2D eigenvalue weighted by molar-refractivity contribution is 6.38. The van der Waals surface area contributed by atoms with Crippen molar-refractivity contribution in [1.29, 1.82) is 0 Å². The molecule has 0 saturated heterocycles. The maximum Gasteiger partial charge on any atom is 0.132 e. The number of nitrogens with zero attached hydrogens (tertiary/aromatic N) is 2. The number of imidazole rings is 1. The number of hydrogen-bond acceptors (Lipinski definition) is 1. The third-order valence-electron chi connectivity index (χ3n) is 3.17. The van der Waals surface area contributed by atoms with Gasteiger partial charge >= 0.3 is 0 Å². The zero-order valence-electron chi connectivity index (χ0n) is 10.9. The van der Waals surface area contributed by atoms with Crippen molar-refractivity contribution >= 4 is 57.4 Å². The van der Waals surface area contributed by atoms with Crippen molar-refractivity contribution in [3.8, 4) is 5.69 Å². The Morgan fingerprint density at radius 1 is 0.952 bits per heavy atom. The van der Waals surface area contributed by atoms with Crippen LogP contribution in [0.3, 0.4) is 0 Å².